The summed E-state index contributed by atoms with van der Waals surface area (Å²) in [6.07, 6.45) is 3.92. The summed E-state index contributed by atoms with van der Waals surface area (Å²) in [4.78, 5) is 4.31. The molecule has 7 heteroatoms. The summed E-state index contributed by atoms with van der Waals surface area (Å²) in [5, 5.41) is 0. The molecule has 0 atom stereocenters. The van der Waals surface area contributed by atoms with Crippen molar-refractivity contribution in [3.63, 3.8) is 0 Å². The molecule has 0 aliphatic heterocycles. The molecular weight excluding hydrogens is 223 g/mol. The van der Waals surface area contributed by atoms with Crippen molar-refractivity contribution in [3.05, 3.63) is 24.3 Å². The van der Waals surface area contributed by atoms with E-state index in [0.717, 1.165) is 12.4 Å². The fourth-order valence-electron chi connectivity index (χ4n) is 1.16. The molecule has 0 aromatic carbocycles. The molecule has 0 unspecified atom stereocenters. The van der Waals surface area contributed by atoms with Gasteiger partial charge >= 0.3 is 13.1 Å². The Labute approximate surface area is 92.4 Å². The first-order valence-corrected chi connectivity index (χ1v) is 4.97. The van der Waals surface area contributed by atoms with Crippen LogP contribution >= 0.6 is 0 Å². The summed E-state index contributed by atoms with van der Waals surface area (Å²) in [5.74, 6) is 1.67. The van der Waals surface area contributed by atoms with E-state index in [-0.39, 0.29) is 0 Å². The molecule has 0 radical (unpaired) electrons. The molecule has 0 aliphatic rings. The minimum atomic E-state index is -6.00. The van der Waals surface area contributed by atoms with E-state index >= 15 is 0 Å². The number of halogens is 4. The van der Waals surface area contributed by atoms with Crippen molar-refractivity contribution in [1.82, 2.24) is 4.98 Å². The first kappa shape index (κ1) is 14.9. The number of rotatable bonds is 2. The quantitative estimate of drug-likeness (QED) is 0.439. The van der Waals surface area contributed by atoms with Gasteiger partial charge in [0.2, 0.25) is 0 Å². The van der Waals surface area contributed by atoms with E-state index in [4.69, 9.17) is 0 Å². The summed E-state index contributed by atoms with van der Waals surface area (Å²) >= 11 is 0. The van der Waals surface area contributed by atoms with Crippen LogP contribution in [0.5, 0.6) is 0 Å². The zero-order valence-corrected chi connectivity index (χ0v) is 9.50. The Morgan fingerprint density at radius 2 is 1.81 bits per heavy atom. The molecule has 1 aromatic heterocycles. The molecule has 1 heterocycles. The smallest absolute Gasteiger partial charge is 0.418 e. The van der Waals surface area contributed by atoms with Crippen LogP contribution in [0, 0.1) is 0 Å². The first-order chi connectivity index (χ1) is 7.25. The van der Waals surface area contributed by atoms with Gasteiger partial charge in [0.15, 0.2) is 0 Å². The molecule has 1 aromatic rings. The highest BCUT2D eigenvalue weighted by Gasteiger charge is 2.20. The van der Waals surface area contributed by atoms with Crippen molar-refractivity contribution in [2.45, 2.75) is 33.2 Å². The Hall–Kier alpha value is -1.14. The lowest BCUT2D eigenvalue weighted by Gasteiger charge is -2.01. The van der Waals surface area contributed by atoms with Crippen LogP contribution in [0.1, 0.15) is 32.5 Å². The van der Waals surface area contributed by atoms with Gasteiger partial charge in [-0.25, -0.2) is 4.57 Å². The number of aromatic nitrogens is 2. The van der Waals surface area contributed by atoms with Crippen LogP contribution in [0.25, 0.3) is 0 Å². The van der Waals surface area contributed by atoms with E-state index in [9.17, 15) is 17.3 Å². The maximum absolute atomic E-state index is 9.75. The van der Waals surface area contributed by atoms with Gasteiger partial charge in [-0.1, -0.05) is 18.8 Å². The van der Waals surface area contributed by atoms with E-state index in [1.807, 2.05) is 12.3 Å². The summed E-state index contributed by atoms with van der Waals surface area (Å²) in [6.45, 7) is 7.46. The van der Waals surface area contributed by atoms with E-state index in [1.165, 1.54) is 0 Å². The van der Waals surface area contributed by atoms with Gasteiger partial charge in [-0.15, -0.1) is 0 Å². The van der Waals surface area contributed by atoms with E-state index in [1.54, 1.807) is 0 Å². The highest BCUT2D eigenvalue weighted by molar-refractivity contribution is 6.50. The summed E-state index contributed by atoms with van der Waals surface area (Å²) in [5.41, 5.74) is 0. The largest absolute Gasteiger partial charge is 0.673 e. The van der Waals surface area contributed by atoms with Crippen LogP contribution in [-0.4, -0.2) is 12.2 Å². The van der Waals surface area contributed by atoms with Crippen molar-refractivity contribution in [2.75, 3.05) is 0 Å². The molecule has 0 saturated heterocycles. The van der Waals surface area contributed by atoms with Gasteiger partial charge in [-0.3, -0.25) is 0 Å². The van der Waals surface area contributed by atoms with E-state index < -0.39 is 7.25 Å². The van der Waals surface area contributed by atoms with Crippen molar-refractivity contribution in [3.8, 4) is 0 Å². The fraction of sp³-hybridized carbons (Fsp3) is 0.556. The molecule has 0 saturated carbocycles. The van der Waals surface area contributed by atoms with Crippen molar-refractivity contribution in [2.24, 2.45) is 0 Å². The zero-order valence-electron chi connectivity index (χ0n) is 9.50. The van der Waals surface area contributed by atoms with Crippen LogP contribution in [-0.2, 0) is 6.54 Å². The molecule has 0 N–H and O–H groups in total. The first-order valence-electron chi connectivity index (χ1n) is 4.97. The molecule has 92 valence electrons. The predicted molar refractivity (Wildman–Crippen MR) is 54.4 cm³/mol. The topological polar surface area (TPSA) is 16.8 Å². The molecule has 0 bridgehead atoms. The zero-order chi connectivity index (χ0) is 12.8. The van der Waals surface area contributed by atoms with Crippen LogP contribution < -0.4 is 4.57 Å². The standard InChI is InChI=1S/C9H15N2.BF4/c1-4-11-7-5-6-10-9(11)8(2)3;2-1(3,4)5/h5-8H,4H2,1-3H3;/q+1;-1. The number of nitrogens with zero attached hydrogens (tertiary/aromatic N) is 2. The minimum absolute atomic E-state index is 0.510. The average molecular weight is 238 g/mol. The summed E-state index contributed by atoms with van der Waals surface area (Å²) in [7, 11) is -6.00. The van der Waals surface area contributed by atoms with E-state index in [0.29, 0.717) is 5.92 Å². The third kappa shape index (κ3) is 7.20. The summed E-state index contributed by atoms with van der Waals surface area (Å²) in [6, 6.07) is 1.97. The second-order valence-corrected chi connectivity index (χ2v) is 3.41. The van der Waals surface area contributed by atoms with Gasteiger partial charge in [0.1, 0.15) is 6.20 Å². The monoisotopic (exact) mass is 238 g/mol. The fourth-order valence-corrected chi connectivity index (χ4v) is 1.16. The average Bonchev–Trinajstić information content (AvgIpc) is 2.15. The Balaban J connectivity index is 0.000000385. The minimum Gasteiger partial charge on any atom is -0.418 e. The molecule has 1 rings (SSSR count). The molecular formula is C9H15BF4N2. The molecule has 16 heavy (non-hydrogen) atoms. The van der Waals surface area contributed by atoms with Crippen LogP contribution in [0.2, 0.25) is 0 Å². The highest BCUT2D eigenvalue weighted by Crippen LogP contribution is 2.06. The van der Waals surface area contributed by atoms with Gasteiger partial charge in [0, 0.05) is 6.07 Å². The van der Waals surface area contributed by atoms with Gasteiger partial charge in [-0.2, -0.15) is 0 Å². The maximum Gasteiger partial charge on any atom is 0.673 e. The maximum atomic E-state index is 9.75. The Kier molecular flexibility index (Phi) is 5.99. The lowest BCUT2D eigenvalue weighted by Crippen LogP contribution is -2.38. The third-order valence-electron chi connectivity index (χ3n) is 1.71. The lowest BCUT2D eigenvalue weighted by molar-refractivity contribution is -0.705. The van der Waals surface area contributed by atoms with Crippen LogP contribution in [0.4, 0.5) is 17.3 Å². The molecule has 0 amide bonds. The number of aryl methyl sites for hydroxylation is 1. The van der Waals surface area contributed by atoms with Crippen molar-refractivity contribution >= 4 is 7.25 Å². The molecule has 0 spiro atoms. The Bertz CT molecular complexity index is 309. The van der Waals surface area contributed by atoms with Crippen molar-refractivity contribution < 1.29 is 21.8 Å². The van der Waals surface area contributed by atoms with Crippen LogP contribution in [0.3, 0.4) is 0 Å². The Morgan fingerprint density at radius 1 is 1.31 bits per heavy atom. The third-order valence-corrected chi connectivity index (χ3v) is 1.71. The van der Waals surface area contributed by atoms with Crippen LogP contribution in [0.15, 0.2) is 18.5 Å². The van der Waals surface area contributed by atoms with Gasteiger partial charge in [0.25, 0.3) is 0 Å². The second-order valence-electron chi connectivity index (χ2n) is 3.41. The number of hydrogen-bond donors (Lipinski definition) is 0. The van der Waals surface area contributed by atoms with E-state index in [2.05, 4.69) is 36.5 Å². The highest BCUT2D eigenvalue weighted by atomic mass is 19.5. The molecule has 0 fully saturated rings. The van der Waals surface area contributed by atoms with Gasteiger partial charge < -0.3 is 17.3 Å². The molecule has 2 nitrogen and oxygen atoms in total. The van der Waals surface area contributed by atoms with Crippen molar-refractivity contribution in [1.29, 1.82) is 0 Å². The molecule has 0 aliphatic carbocycles. The second kappa shape index (κ2) is 6.45. The van der Waals surface area contributed by atoms with Gasteiger partial charge in [0.05, 0.1) is 18.7 Å². The number of hydrogen-bond acceptors (Lipinski definition) is 1. The summed E-state index contributed by atoms with van der Waals surface area (Å²) < 4.78 is 41.2. The lowest BCUT2D eigenvalue weighted by atomic mass is 10.2. The Morgan fingerprint density at radius 3 is 2.12 bits per heavy atom. The predicted octanol–water partition coefficient (Wildman–Crippen LogP) is 2.81. The normalized spacial score (nSPS) is 11.0. The van der Waals surface area contributed by atoms with Gasteiger partial charge in [-0.05, 0) is 6.92 Å². The SMILES string of the molecule is CC[n+]1cccnc1C(C)C.F[B-](F)(F)F.